The van der Waals surface area contributed by atoms with Crippen LogP contribution in [-0.2, 0) is 40.2 Å². The summed E-state index contributed by atoms with van der Waals surface area (Å²) in [5, 5.41) is 18.7. The molecule has 3 amide bonds. The second kappa shape index (κ2) is 20.1. The molecule has 3 atom stereocenters. The standard InChI is InChI=1S/C21H29N3O4.C10H19N3O3.CHN/c1-16(25)24(27-15-17-8-6-5-7-9-17)19-11-10-18(12-22)23(13-19)14-20(26)28-21(2,3)4;1-8(14)13(16-2)9-4-3-5-12(6-9)7-10(11)15;1-2/h5-9,18-19H,10-11,13-15H2,1-4H3;9H,3-7H2,1-2H3,(H2,11,15);1H/t18-,19?;;/m0../s1. The molecule has 14 heteroatoms. The normalized spacial score (nSPS) is 19.9. The van der Waals surface area contributed by atoms with E-state index >= 15 is 0 Å². The van der Waals surface area contributed by atoms with Crippen LogP contribution in [0.15, 0.2) is 30.3 Å². The van der Waals surface area contributed by atoms with Crippen molar-refractivity contribution in [3.63, 3.8) is 0 Å². The number of rotatable bonds is 10. The number of primary amides is 1. The van der Waals surface area contributed by atoms with Gasteiger partial charge >= 0.3 is 5.97 Å². The third-order valence-electron chi connectivity index (χ3n) is 7.11. The number of carbonyl (C=O) groups excluding carboxylic acids is 4. The largest absolute Gasteiger partial charge is 0.459 e. The van der Waals surface area contributed by atoms with E-state index in [9.17, 15) is 24.4 Å². The number of hydroxylamine groups is 4. The van der Waals surface area contributed by atoms with Gasteiger partial charge in [-0.25, -0.2) is 15.4 Å². The van der Waals surface area contributed by atoms with Crippen molar-refractivity contribution in [1.82, 2.24) is 19.9 Å². The van der Waals surface area contributed by atoms with Crippen LogP contribution in [0.5, 0.6) is 0 Å². The smallest absolute Gasteiger partial charge is 0.320 e. The van der Waals surface area contributed by atoms with Gasteiger partial charge in [-0.05, 0) is 58.6 Å². The van der Waals surface area contributed by atoms with Gasteiger partial charge in [-0.1, -0.05) is 30.3 Å². The number of hydrogen-bond donors (Lipinski definition) is 1. The Morgan fingerprint density at radius 3 is 2.11 bits per heavy atom. The molecule has 2 unspecified atom stereocenters. The van der Waals surface area contributed by atoms with E-state index in [0.29, 0.717) is 25.9 Å². The molecule has 0 aliphatic carbocycles. The number of hydrogen-bond acceptors (Lipinski definition) is 11. The van der Waals surface area contributed by atoms with E-state index in [4.69, 9.17) is 25.4 Å². The highest BCUT2D eigenvalue weighted by atomic mass is 16.7. The number of nitrogens with zero attached hydrogens (tertiary/aromatic N) is 6. The Labute approximate surface area is 272 Å². The lowest BCUT2D eigenvalue weighted by atomic mass is 9.98. The third-order valence-corrected chi connectivity index (χ3v) is 7.11. The molecule has 1 aromatic rings. The van der Waals surface area contributed by atoms with Gasteiger partial charge in [0.25, 0.3) is 0 Å². The molecular formula is C32H49N7O7. The number of amides is 3. The van der Waals surface area contributed by atoms with Gasteiger partial charge in [0.05, 0.1) is 44.4 Å². The van der Waals surface area contributed by atoms with Crippen LogP contribution < -0.4 is 5.73 Å². The zero-order valence-electron chi connectivity index (χ0n) is 27.9. The first-order chi connectivity index (χ1) is 21.7. The molecule has 0 aromatic heterocycles. The van der Waals surface area contributed by atoms with Gasteiger partial charge in [0.15, 0.2) is 0 Å². The van der Waals surface area contributed by atoms with Gasteiger partial charge in [-0.2, -0.15) is 5.26 Å². The fraction of sp³-hybridized carbons (Fsp3) is 0.625. The van der Waals surface area contributed by atoms with Crippen molar-refractivity contribution < 1.29 is 33.6 Å². The van der Waals surface area contributed by atoms with Crippen LogP contribution in [0.2, 0.25) is 0 Å². The van der Waals surface area contributed by atoms with E-state index in [1.165, 1.54) is 31.1 Å². The first kappa shape index (κ1) is 39.9. The summed E-state index contributed by atoms with van der Waals surface area (Å²) >= 11 is 0. The monoisotopic (exact) mass is 643 g/mol. The Balaban J connectivity index is 0.000000498. The lowest BCUT2D eigenvalue weighted by Gasteiger charge is -2.40. The quantitative estimate of drug-likeness (QED) is 0.291. The Bertz CT molecular complexity index is 1180. The zero-order chi connectivity index (χ0) is 34.9. The zero-order valence-corrected chi connectivity index (χ0v) is 27.9. The highest BCUT2D eigenvalue weighted by molar-refractivity contribution is 5.76. The molecule has 2 saturated heterocycles. The van der Waals surface area contributed by atoms with Crippen LogP contribution in [0.1, 0.15) is 65.9 Å². The number of carbonyl (C=O) groups is 4. The highest BCUT2D eigenvalue weighted by Gasteiger charge is 2.35. The number of nitriles is 2. The first-order valence-electron chi connectivity index (χ1n) is 15.2. The van der Waals surface area contributed by atoms with E-state index < -0.39 is 5.60 Å². The number of esters is 1. The summed E-state index contributed by atoms with van der Waals surface area (Å²) in [5.41, 5.74) is 5.52. The number of likely N-dealkylation sites (tertiary alicyclic amines) is 2. The molecule has 1 aromatic carbocycles. The molecular weight excluding hydrogens is 594 g/mol. The molecule has 2 fully saturated rings. The minimum absolute atomic E-state index is 0.00981. The summed E-state index contributed by atoms with van der Waals surface area (Å²) < 4.78 is 5.38. The highest BCUT2D eigenvalue weighted by Crippen LogP contribution is 2.23. The second-order valence-corrected chi connectivity index (χ2v) is 12.0. The predicted octanol–water partition coefficient (Wildman–Crippen LogP) is 2.15. The Hall–Kier alpha value is -4.08. The van der Waals surface area contributed by atoms with Crippen molar-refractivity contribution in [2.75, 3.05) is 39.8 Å². The SMILES string of the molecule is C#N.CC(=O)N(OCc1ccccc1)C1CC[C@@H](C#N)N(CC(=O)OC(C)(C)C)C1.CON(C(C)=O)C1CCCN(CC(N)=O)C1. The fourth-order valence-electron chi connectivity index (χ4n) is 5.37. The molecule has 46 heavy (non-hydrogen) atoms. The summed E-state index contributed by atoms with van der Waals surface area (Å²) in [5.74, 6) is -1.04. The topological polar surface area (TPSA) is 183 Å². The van der Waals surface area contributed by atoms with E-state index in [2.05, 4.69) is 12.6 Å². The average Bonchev–Trinajstić information content (AvgIpc) is 2.98. The van der Waals surface area contributed by atoms with Gasteiger partial charge in [0.2, 0.25) is 17.7 Å². The molecule has 14 nitrogen and oxygen atoms in total. The molecule has 3 rings (SSSR count). The maximum absolute atomic E-state index is 12.2. The van der Waals surface area contributed by atoms with Crippen LogP contribution in [-0.4, -0.2) is 107 Å². The van der Waals surface area contributed by atoms with Crippen LogP contribution in [0.25, 0.3) is 0 Å². The summed E-state index contributed by atoms with van der Waals surface area (Å²) in [6.07, 6.45) is 3.02. The maximum Gasteiger partial charge on any atom is 0.320 e. The first-order valence-corrected chi connectivity index (χ1v) is 15.2. The van der Waals surface area contributed by atoms with E-state index in [0.717, 1.165) is 24.9 Å². The molecule has 2 N–H and O–H groups in total. The molecule has 0 spiro atoms. The number of piperidine rings is 2. The van der Waals surface area contributed by atoms with Gasteiger partial charge in [0, 0.05) is 33.5 Å². The van der Waals surface area contributed by atoms with Crippen LogP contribution in [0, 0.1) is 23.2 Å². The fourth-order valence-corrected chi connectivity index (χ4v) is 5.37. The molecule has 2 heterocycles. The van der Waals surface area contributed by atoms with Crippen LogP contribution in [0.3, 0.4) is 0 Å². The van der Waals surface area contributed by atoms with Gasteiger partial charge in [0.1, 0.15) is 12.2 Å². The molecule has 2 aliphatic heterocycles. The molecule has 0 saturated carbocycles. The Morgan fingerprint density at radius 2 is 1.59 bits per heavy atom. The van der Waals surface area contributed by atoms with Gasteiger partial charge in [-0.3, -0.25) is 38.7 Å². The van der Waals surface area contributed by atoms with Crippen molar-refractivity contribution in [2.24, 2.45) is 5.73 Å². The minimum Gasteiger partial charge on any atom is -0.459 e. The van der Waals surface area contributed by atoms with Crippen molar-refractivity contribution in [2.45, 2.75) is 90.6 Å². The molecule has 254 valence electrons. The number of nitrogens with two attached hydrogens (primary N) is 1. The van der Waals surface area contributed by atoms with E-state index in [1.807, 2.05) is 35.2 Å². The lowest BCUT2D eigenvalue weighted by Crippen LogP contribution is -2.54. The third kappa shape index (κ3) is 14.3. The van der Waals surface area contributed by atoms with E-state index in [1.54, 1.807) is 25.7 Å². The Kier molecular flexibility index (Phi) is 17.5. The Morgan fingerprint density at radius 1 is 0.978 bits per heavy atom. The molecule has 0 radical (unpaired) electrons. The predicted molar refractivity (Wildman–Crippen MR) is 168 cm³/mol. The summed E-state index contributed by atoms with van der Waals surface area (Å²) in [6.45, 7) is 14.2. The van der Waals surface area contributed by atoms with Gasteiger partial charge in [-0.15, -0.1) is 0 Å². The van der Waals surface area contributed by atoms with Crippen molar-refractivity contribution in [1.29, 1.82) is 10.5 Å². The summed E-state index contributed by atoms with van der Waals surface area (Å²) in [7, 11) is 1.48. The van der Waals surface area contributed by atoms with Crippen LogP contribution >= 0.6 is 0 Å². The molecule has 2 aliphatic rings. The number of ether oxygens (including phenoxy) is 1. The van der Waals surface area contributed by atoms with Crippen molar-refractivity contribution in [3.8, 4) is 12.6 Å². The van der Waals surface area contributed by atoms with Crippen LogP contribution in [0.4, 0.5) is 0 Å². The average molecular weight is 644 g/mol. The molecule has 0 bridgehead atoms. The maximum atomic E-state index is 12.2. The minimum atomic E-state index is -0.585. The van der Waals surface area contributed by atoms with Crippen molar-refractivity contribution in [3.05, 3.63) is 35.9 Å². The second-order valence-electron chi connectivity index (χ2n) is 12.0. The summed E-state index contributed by atoms with van der Waals surface area (Å²) in [6, 6.07) is 11.3. The number of benzene rings is 1. The van der Waals surface area contributed by atoms with E-state index in [-0.39, 0.29) is 61.5 Å². The lowest BCUT2D eigenvalue weighted by molar-refractivity contribution is -0.210. The van der Waals surface area contributed by atoms with Crippen molar-refractivity contribution >= 4 is 23.7 Å². The van der Waals surface area contributed by atoms with Gasteiger partial charge < -0.3 is 10.5 Å². The summed E-state index contributed by atoms with van der Waals surface area (Å²) in [4.78, 5) is 61.0.